The second kappa shape index (κ2) is 10.5. The van der Waals surface area contributed by atoms with Crippen molar-refractivity contribution in [1.29, 1.82) is 0 Å². The highest BCUT2D eigenvalue weighted by molar-refractivity contribution is 5.93. The van der Waals surface area contributed by atoms with E-state index in [1.165, 1.54) is 12.1 Å². The molecule has 8 heteroatoms. The van der Waals surface area contributed by atoms with Crippen molar-refractivity contribution in [2.45, 2.75) is 53.1 Å². The fourth-order valence-electron chi connectivity index (χ4n) is 2.02. The molecule has 0 aliphatic heterocycles. The van der Waals surface area contributed by atoms with Crippen LogP contribution in [0.15, 0.2) is 12.1 Å². The summed E-state index contributed by atoms with van der Waals surface area (Å²) in [5.74, 6) is -1.50. The summed E-state index contributed by atoms with van der Waals surface area (Å²) in [6.07, 6.45) is 0.581. The van der Waals surface area contributed by atoms with Crippen LogP contribution in [0.4, 0.5) is 0 Å². The molecular formula is C19H27NO7. The monoisotopic (exact) mass is 381 g/mol. The highest BCUT2D eigenvalue weighted by Crippen LogP contribution is 2.19. The van der Waals surface area contributed by atoms with Gasteiger partial charge in [-0.3, -0.25) is 4.79 Å². The van der Waals surface area contributed by atoms with Crippen molar-refractivity contribution in [1.82, 2.24) is 4.98 Å². The van der Waals surface area contributed by atoms with Crippen LogP contribution in [0.25, 0.3) is 0 Å². The second-order valence-corrected chi connectivity index (χ2v) is 6.52. The Labute approximate surface area is 159 Å². The lowest BCUT2D eigenvalue weighted by Crippen LogP contribution is -2.24. The molecule has 27 heavy (non-hydrogen) atoms. The summed E-state index contributed by atoms with van der Waals surface area (Å²) in [7, 11) is 0. The van der Waals surface area contributed by atoms with E-state index < -0.39 is 17.5 Å². The van der Waals surface area contributed by atoms with Gasteiger partial charge in [0, 0.05) is 6.42 Å². The van der Waals surface area contributed by atoms with Gasteiger partial charge >= 0.3 is 17.9 Å². The first-order valence-corrected chi connectivity index (χ1v) is 8.87. The molecule has 0 bridgehead atoms. The van der Waals surface area contributed by atoms with Crippen molar-refractivity contribution >= 4 is 17.9 Å². The normalized spacial score (nSPS) is 10.9. The third-order valence-corrected chi connectivity index (χ3v) is 3.01. The van der Waals surface area contributed by atoms with Crippen LogP contribution >= 0.6 is 0 Å². The molecule has 0 radical (unpaired) electrons. The number of rotatable bonds is 9. The molecule has 0 aliphatic carbocycles. The molecule has 8 nitrogen and oxygen atoms in total. The number of ether oxygens (including phenoxy) is 4. The number of pyridine rings is 1. The molecular weight excluding hydrogens is 354 g/mol. The Hall–Kier alpha value is -2.64. The number of hydrogen-bond donors (Lipinski definition) is 0. The number of aromatic nitrogens is 1. The molecule has 0 fully saturated rings. The van der Waals surface area contributed by atoms with Gasteiger partial charge in [0.15, 0.2) is 11.4 Å². The summed E-state index contributed by atoms with van der Waals surface area (Å²) >= 11 is 0. The van der Waals surface area contributed by atoms with Gasteiger partial charge in [-0.2, -0.15) is 0 Å². The van der Waals surface area contributed by atoms with Crippen molar-refractivity contribution in [3.8, 4) is 5.75 Å². The number of carbonyl (C=O) groups is 3. The smallest absolute Gasteiger partial charge is 0.360 e. The lowest BCUT2D eigenvalue weighted by Gasteiger charge is -2.19. The van der Waals surface area contributed by atoms with Crippen LogP contribution in [0.1, 0.15) is 68.4 Å². The first-order valence-electron chi connectivity index (χ1n) is 8.87. The molecule has 0 saturated heterocycles. The molecule has 150 valence electrons. The van der Waals surface area contributed by atoms with E-state index in [1.807, 2.05) is 0 Å². The van der Waals surface area contributed by atoms with E-state index in [0.29, 0.717) is 6.42 Å². The maximum atomic E-state index is 12.1. The van der Waals surface area contributed by atoms with Crippen LogP contribution in [0.3, 0.4) is 0 Å². The SMILES string of the molecule is CCOC(=O)c1ccc(OCCCC(=O)OC(C)(C)C)c(C(=O)OCC)n1. The third-order valence-electron chi connectivity index (χ3n) is 3.01. The third kappa shape index (κ3) is 8.06. The minimum atomic E-state index is -0.703. The van der Waals surface area contributed by atoms with Crippen molar-refractivity contribution in [2.75, 3.05) is 19.8 Å². The van der Waals surface area contributed by atoms with Crippen molar-refractivity contribution < 1.29 is 33.3 Å². The zero-order valence-corrected chi connectivity index (χ0v) is 16.5. The number of esters is 3. The quantitative estimate of drug-likeness (QED) is 0.366. The summed E-state index contributed by atoms with van der Waals surface area (Å²) in [4.78, 5) is 39.6. The number of nitrogens with zero attached hydrogens (tertiary/aromatic N) is 1. The zero-order valence-electron chi connectivity index (χ0n) is 16.5. The predicted octanol–water partition coefficient (Wildman–Crippen LogP) is 2.94. The Morgan fingerprint density at radius 2 is 1.63 bits per heavy atom. The summed E-state index contributed by atoms with van der Waals surface area (Å²) in [6, 6.07) is 2.86. The van der Waals surface area contributed by atoms with Crippen LogP contribution < -0.4 is 4.74 Å². The van der Waals surface area contributed by atoms with Gasteiger partial charge in [-0.15, -0.1) is 0 Å². The highest BCUT2D eigenvalue weighted by atomic mass is 16.6. The maximum Gasteiger partial charge on any atom is 0.360 e. The lowest BCUT2D eigenvalue weighted by atomic mass is 10.2. The Balaban J connectivity index is 2.76. The van der Waals surface area contributed by atoms with E-state index in [0.717, 1.165) is 0 Å². The van der Waals surface area contributed by atoms with Crippen LogP contribution in [0.5, 0.6) is 5.75 Å². The lowest BCUT2D eigenvalue weighted by molar-refractivity contribution is -0.155. The van der Waals surface area contributed by atoms with Gasteiger partial charge in [0.1, 0.15) is 11.3 Å². The molecule has 0 unspecified atom stereocenters. The highest BCUT2D eigenvalue weighted by Gasteiger charge is 2.20. The van der Waals surface area contributed by atoms with Crippen LogP contribution in [-0.2, 0) is 19.0 Å². The van der Waals surface area contributed by atoms with Crippen molar-refractivity contribution in [2.24, 2.45) is 0 Å². The summed E-state index contributed by atoms with van der Waals surface area (Å²) < 4.78 is 20.6. The van der Waals surface area contributed by atoms with E-state index in [-0.39, 0.29) is 49.3 Å². The zero-order chi connectivity index (χ0) is 20.4. The maximum absolute atomic E-state index is 12.1. The predicted molar refractivity (Wildman–Crippen MR) is 96.7 cm³/mol. The molecule has 0 aliphatic rings. The molecule has 0 spiro atoms. The standard InChI is InChI=1S/C19H27NO7/c1-6-24-17(22)13-10-11-14(16(20-13)18(23)25-7-2)26-12-8-9-15(21)27-19(3,4)5/h10-11H,6-9,12H2,1-5H3. The fraction of sp³-hybridized carbons (Fsp3) is 0.579. The van der Waals surface area contributed by atoms with Crippen LogP contribution in [0, 0.1) is 0 Å². The van der Waals surface area contributed by atoms with E-state index in [2.05, 4.69) is 4.98 Å². The van der Waals surface area contributed by atoms with E-state index in [9.17, 15) is 14.4 Å². The Morgan fingerprint density at radius 3 is 2.22 bits per heavy atom. The molecule has 1 rings (SSSR count). The van der Waals surface area contributed by atoms with E-state index >= 15 is 0 Å². The number of carbonyl (C=O) groups excluding carboxylic acids is 3. The van der Waals surface area contributed by atoms with Gasteiger partial charge in [-0.25, -0.2) is 14.6 Å². The minimum Gasteiger partial charge on any atom is -0.491 e. The molecule has 1 heterocycles. The molecule has 0 amide bonds. The Bertz CT molecular complexity index is 665. The summed E-state index contributed by atoms with van der Waals surface area (Å²) in [5.41, 5.74) is -0.664. The summed E-state index contributed by atoms with van der Waals surface area (Å²) in [5, 5.41) is 0. The van der Waals surface area contributed by atoms with Crippen molar-refractivity contribution in [3.63, 3.8) is 0 Å². The van der Waals surface area contributed by atoms with Crippen molar-refractivity contribution in [3.05, 3.63) is 23.5 Å². The fourth-order valence-corrected chi connectivity index (χ4v) is 2.02. The van der Waals surface area contributed by atoms with Gasteiger partial charge in [-0.1, -0.05) is 0 Å². The van der Waals surface area contributed by atoms with Gasteiger partial charge in [0.25, 0.3) is 0 Å². The number of hydrogen-bond acceptors (Lipinski definition) is 8. The molecule has 0 N–H and O–H groups in total. The van der Waals surface area contributed by atoms with Gasteiger partial charge in [-0.05, 0) is 53.2 Å². The van der Waals surface area contributed by atoms with Gasteiger partial charge < -0.3 is 18.9 Å². The summed E-state index contributed by atoms with van der Waals surface area (Å²) in [6.45, 7) is 9.24. The van der Waals surface area contributed by atoms with Crippen LogP contribution in [0.2, 0.25) is 0 Å². The van der Waals surface area contributed by atoms with Gasteiger partial charge in [0.2, 0.25) is 0 Å². The Kier molecular flexibility index (Phi) is 8.71. The molecule has 0 saturated carbocycles. The minimum absolute atomic E-state index is 0.0130. The van der Waals surface area contributed by atoms with Crippen LogP contribution in [-0.4, -0.2) is 48.3 Å². The topological polar surface area (TPSA) is 101 Å². The largest absolute Gasteiger partial charge is 0.491 e. The molecule has 0 aromatic carbocycles. The molecule has 0 atom stereocenters. The average molecular weight is 381 g/mol. The Morgan fingerprint density at radius 1 is 1.00 bits per heavy atom. The average Bonchev–Trinajstić information content (AvgIpc) is 2.57. The van der Waals surface area contributed by atoms with Gasteiger partial charge in [0.05, 0.1) is 19.8 Å². The van der Waals surface area contributed by atoms with E-state index in [4.69, 9.17) is 18.9 Å². The first-order chi connectivity index (χ1) is 12.7. The molecule has 1 aromatic heterocycles. The second-order valence-electron chi connectivity index (χ2n) is 6.52. The molecule has 1 aromatic rings. The first kappa shape index (κ1) is 22.4. The van der Waals surface area contributed by atoms with E-state index in [1.54, 1.807) is 34.6 Å².